The van der Waals surface area contributed by atoms with Gasteiger partial charge >= 0.3 is 5.97 Å². The topological polar surface area (TPSA) is 102 Å². The summed E-state index contributed by atoms with van der Waals surface area (Å²) in [4.78, 5) is 27.4. The van der Waals surface area contributed by atoms with E-state index in [4.69, 9.17) is 14.3 Å². The summed E-state index contributed by atoms with van der Waals surface area (Å²) >= 11 is 0. The van der Waals surface area contributed by atoms with E-state index < -0.39 is 17.4 Å². The van der Waals surface area contributed by atoms with Gasteiger partial charge in [-0.3, -0.25) is 4.79 Å². The number of carbonyl (C=O) groups excluding carboxylic acids is 1. The number of carbonyl (C=O) groups is 2. The van der Waals surface area contributed by atoms with E-state index in [1.807, 2.05) is 18.2 Å². The van der Waals surface area contributed by atoms with E-state index in [1.54, 1.807) is 6.07 Å². The van der Waals surface area contributed by atoms with Gasteiger partial charge in [0.15, 0.2) is 17.0 Å². The van der Waals surface area contributed by atoms with Crippen molar-refractivity contribution < 1.29 is 23.8 Å². The van der Waals surface area contributed by atoms with Crippen LogP contribution < -0.4 is 5.32 Å². The number of fused-ring (bicyclic) bond motifs is 1. The Bertz CT molecular complexity index is 648. The molecule has 0 radical (unpaired) electrons. The minimum Gasteiger partial charge on any atom is -0.479 e. The van der Waals surface area contributed by atoms with E-state index >= 15 is 0 Å². The summed E-state index contributed by atoms with van der Waals surface area (Å²) in [6, 6.07) is 7.31. The summed E-state index contributed by atoms with van der Waals surface area (Å²) in [7, 11) is 1.38. The number of aromatic nitrogens is 1. The number of nitrogens with one attached hydrogen (secondary N) is 1. The highest BCUT2D eigenvalue weighted by Crippen LogP contribution is 2.15. The Morgan fingerprint density at radius 3 is 2.77 bits per heavy atom. The van der Waals surface area contributed by atoms with Crippen LogP contribution in [0.5, 0.6) is 0 Å². The van der Waals surface area contributed by atoms with Gasteiger partial charge in [0.2, 0.25) is 5.91 Å². The van der Waals surface area contributed by atoms with E-state index in [1.165, 1.54) is 14.0 Å². The highest BCUT2D eigenvalue weighted by Gasteiger charge is 2.34. The SMILES string of the molecule is COCC(C)(NC(=O)CCc1nc2ccccc2o1)C(=O)O. The second-order valence-electron chi connectivity index (χ2n) is 5.19. The van der Waals surface area contributed by atoms with Crippen LogP contribution in [0.3, 0.4) is 0 Å². The number of hydrogen-bond donors (Lipinski definition) is 2. The van der Waals surface area contributed by atoms with Crippen molar-refractivity contribution in [1.29, 1.82) is 0 Å². The number of rotatable bonds is 7. The molecular formula is C15H18N2O5. The van der Waals surface area contributed by atoms with Crippen LogP contribution in [0.2, 0.25) is 0 Å². The summed E-state index contributed by atoms with van der Waals surface area (Å²) in [5.74, 6) is -1.10. The number of aliphatic carboxylic acids is 1. The number of aryl methyl sites for hydroxylation is 1. The van der Waals surface area contributed by atoms with Crippen LogP contribution in [-0.4, -0.2) is 41.2 Å². The first-order chi connectivity index (χ1) is 10.4. The van der Waals surface area contributed by atoms with E-state index in [2.05, 4.69) is 10.3 Å². The van der Waals surface area contributed by atoms with Gasteiger partial charge in [0.25, 0.3) is 0 Å². The van der Waals surface area contributed by atoms with Gasteiger partial charge in [-0.1, -0.05) is 12.1 Å². The molecule has 1 aromatic carbocycles. The zero-order valence-corrected chi connectivity index (χ0v) is 12.5. The van der Waals surface area contributed by atoms with Crippen molar-refractivity contribution in [2.75, 3.05) is 13.7 Å². The highest BCUT2D eigenvalue weighted by molar-refractivity contribution is 5.86. The number of methoxy groups -OCH3 is 1. The number of para-hydroxylation sites is 2. The lowest BCUT2D eigenvalue weighted by Gasteiger charge is -2.25. The number of hydrogen-bond acceptors (Lipinski definition) is 5. The molecule has 1 amide bonds. The average Bonchev–Trinajstić information content (AvgIpc) is 2.88. The Labute approximate surface area is 127 Å². The van der Waals surface area contributed by atoms with Crippen molar-refractivity contribution in [2.45, 2.75) is 25.3 Å². The van der Waals surface area contributed by atoms with Crippen LogP contribution in [-0.2, 0) is 20.7 Å². The van der Waals surface area contributed by atoms with Crippen LogP contribution in [0, 0.1) is 0 Å². The van der Waals surface area contributed by atoms with Crippen LogP contribution in [0.4, 0.5) is 0 Å². The molecule has 22 heavy (non-hydrogen) atoms. The third-order valence-corrected chi connectivity index (χ3v) is 3.22. The van der Waals surface area contributed by atoms with E-state index in [9.17, 15) is 9.59 Å². The molecule has 0 saturated carbocycles. The number of carboxylic acids is 1. The minimum absolute atomic E-state index is 0.0827. The number of amides is 1. The smallest absolute Gasteiger partial charge is 0.331 e. The van der Waals surface area contributed by atoms with Gasteiger partial charge in [0.05, 0.1) is 6.61 Å². The fraction of sp³-hybridized carbons (Fsp3) is 0.400. The summed E-state index contributed by atoms with van der Waals surface area (Å²) in [6.45, 7) is 1.28. The molecule has 0 saturated heterocycles. The molecule has 7 nitrogen and oxygen atoms in total. The summed E-state index contributed by atoms with van der Waals surface area (Å²) in [5.41, 5.74) is -0.0621. The first-order valence-electron chi connectivity index (χ1n) is 6.82. The number of oxazole rings is 1. The van der Waals surface area contributed by atoms with Gasteiger partial charge in [-0.05, 0) is 19.1 Å². The Morgan fingerprint density at radius 1 is 1.41 bits per heavy atom. The van der Waals surface area contributed by atoms with Gasteiger partial charge in [0.1, 0.15) is 5.52 Å². The van der Waals surface area contributed by atoms with Crippen molar-refractivity contribution in [3.8, 4) is 0 Å². The predicted octanol–water partition coefficient (Wildman–Crippen LogP) is 1.37. The van der Waals surface area contributed by atoms with Gasteiger partial charge in [0, 0.05) is 20.0 Å². The molecule has 2 aromatic rings. The van der Waals surface area contributed by atoms with Gasteiger partial charge in [-0.15, -0.1) is 0 Å². The third kappa shape index (κ3) is 3.62. The normalized spacial score (nSPS) is 13.7. The molecule has 0 fully saturated rings. The predicted molar refractivity (Wildman–Crippen MR) is 78.4 cm³/mol. The fourth-order valence-electron chi connectivity index (χ4n) is 2.06. The molecule has 0 aliphatic rings. The number of nitrogens with zero attached hydrogens (tertiary/aromatic N) is 1. The van der Waals surface area contributed by atoms with Crippen molar-refractivity contribution >= 4 is 23.0 Å². The zero-order chi connectivity index (χ0) is 16.2. The molecule has 118 valence electrons. The van der Waals surface area contributed by atoms with E-state index in [-0.39, 0.29) is 13.0 Å². The molecule has 0 aliphatic carbocycles. The Hall–Kier alpha value is -2.41. The maximum absolute atomic E-state index is 11.9. The Morgan fingerprint density at radius 2 is 2.14 bits per heavy atom. The summed E-state index contributed by atoms with van der Waals surface area (Å²) in [5, 5.41) is 11.6. The van der Waals surface area contributed by atoms with Crippen LogP contribution in [0.1, 0.15) is 19.2 Å². The van der Waals surface area contributed by atoms with Gasteiger partial charge < -0.3 is 19.6 Å². The van der Waals surface area contributed by atoms with Gasteiger partial charge in [-0.25, -0.2) is 9.78 Å². The lowest BCUT2D eigenvalue weighted by atomic mass is 10.0. The standard InChI is InChI=1S/C15H18N2O5/c1-15(9-21-2,14(19)20)17-12(18)7-8-13-16-10-5-3-4-6-11(10)22-13/h3-6H,7-9H2,1-2H3,(H,17,18)(H,19,20). The van der Waals surface area contributed by atoms with Crippen LogP contribution in [0.15, 0.2) is 28.7 Å². The fourth-order valence-corrected chi connectivity index (χ4v) is 2.06. The van der Waals surface area contributed by atoms with Gasteiger partial charge in [-0.2, -0.15) is 0 Å². The maximum Gasteiger partial charge on any atom is 0.331 e. The van der Waals surface area contributed by atoms with E-state index in [0.29, 0.717) is 17.9 Å². The maximum atomic E-state index is 11.9. The molecule has 2 rings (SSSR count). The molecule has 1 unspecified atom stereocenters. The summed E-state index contributed by atoms with van der Waals surface area (Å²) < 4.78 is 10.4. The number of carboxylic acid groups (broad SMARTS) is 1. The first kappa shape index (κ1) is 16.0. The zero-order valence-electron chi connectivity index (χ0n) is 12.5. The minimum atomic E-state index is -1.45. The van der Waals surface area contributed by atoms with Crippen LogP contribution >= 0.6 is 0 Å². The monoisotopic (exact) mass is 306 g/mol. The molecule has 0 spiro atoms. The van der Waals surface area contributed by atoms with Crippen LogP contribution in [0.25, 0.3) is 11.1 Å². The molecule has 0 aliphatic heterocycles. The van der Waals surface area contributed by atoms with Crippen molar-refractivity contribution in [3.05, 3.63) is 30.2 Å². The quantitative estimate of drug-likeness (QED) is 0.801. The number of benzene rings is 1. The lowest BCUT2D eigenvalue weighted by Crippen LogP contribution is -2.55. The molecule has 1 aromatic heterocycles. The number of ether oxygens (including phenoxy) is 1. The summed E-state index contributed by atoms with van der Waals surface area (Å²) in [6.07, 6.45) is 0.378. The molecule has 7 heteroatoms. The lowest BCUT2D eigenvalue weighted by molar-refractivity contribution is -0.149. The molecule has 1 atom stereocenters. The molecule has 2 N–H and O–H groups in total. The Balaban J connectivity index is 1.95. The third-order valence-electron chi connectivity index (χ3n) is 3.22. The highest BCUT2D eigenvalue weighted by atomic mass is 16.5. The van der Waals surface area contributed by atoms with E-state index in [0.717, 1.165) is 5.52 Å². The average molecular weight is 306 g/mol. The second-order valence-corrected chi connectivity index (χ2v) is 5.19. The van der Waals surface area contributed by atoms with Crippen molar-refractivity contribution in [1.82, 2.24) is 10.3 Å². The first-order valence-corrected chi connectivity index (χ1v) is 6.82. The second kappa shape index (κ2) is 6.57. The van der Waals surface area contributed by atoms with Crippen molar-refractivity contribution in [3.63, 3.8) is 0 Å². The Kier molecular flexibility index (Phi) is 4.77. The molecule has 0 bridgehead atoms. The largest absolute Gasteiger partial charge is 0.479 e. The van der Waals surface area contributed by atoms with Crippen molar-refractivity contribution in [2.24, 2.45) is 0 Å². The molecular weight excluding hydrogens is 288 g/mol. The molecule has 1 heterocycles.